The number of hydrogen-bond acceptors (Lipinski definition) is 4. The lowest BCUT2D eigenvalue weighted by atomic mass is 10.0. The van der Waals surface area contributed by atoms with Crippen molar-refractivity contribution < 1.29 is 13.6 Å². The first-order valence-electron chi connectivity index (χ1n) is 7.79. The van der Waals surface area contributed by atoms with E-state index in [2.05, 4.69) is 15.6 Å². The Labute approximate surface area is 127 Å². The molecule has 1 unspecified atom stereocenters. The molecule has 0 bridgehead atoms. The summed E-state index contributed by atoms with van der Waals surface area (Å²) in [4.78, 5) is 13.3. The maximum Gasteiger partial charge on any atom is 0.251 e. The molecule has 6 nitrogen and oxygen atoms in total. The van der Waals surface area contributed by atoms with E-state index >= 15 is 0 Å². The molecule has 1 aromatic heterocycles. The van der Waals surface area contributed by atoms with E-state index in [1.807, 2.05) is 4.90 Å². The minimum Gasteiger partial charge on any atom is -0.354 e. The van der Waals surface area contributed by atoms with Gasteiger partial charge in [0.15, 0.2) is 0 Å². The molecule has 1 saturated carbocycles. The lowest BCUT2D eigenvalue weighted by Crippen LogP contribution is -2.47. The van der Waals surface area contributed by atoms with Crippen LogP contribution in [0.5, 0.6) is 0 Å². The van der Waals surface area contributed by atoms with Gasteiger partial charge >= 0.3 is 0 Å². The van der Waals surface area contributed by atoms with Crippen LogP contribution in [0.25, 0.3) is 0 Å². The Morgan fingerprint density at radius 2 is 2.32 bits per heavy atom. The second-order valence-electron chi connectivity index (χ2n) is 6.17. The largest absolute Gasteiger partial charge is 0.354 e. The Morgan fingerprint density at radius 1 is 1.45 bits per heavy atom. The molecule has 1 atom stereocenters. The topological polar surface area (TPSA) is 63.1 Å². The van der Waals surface area contributed by atoms with Crippen LogP contribution in [0.2, 0.25) is 0 Å². The van der Waals surface area contributed by atoms with Crippen LogP contribution < -0.4 is 5.32 Å². The van der Waals surface area contributed by atoms with Crippen molar-refractivity contribution in [3.63, 3.8) is 0 Å². The number of aryl methyl sites for hydroxylation is 1. The Hall–Kier alpha value is -1.57. The highest BCUT2D eigenvalue weighted by Crippen LogP contribution is 2.42. The van der Waals surface area contributed by atoms with Crippen molar-refractivity contribution in [1.29, 1.82) is 0 Å². The van der Waals surface area contributed by atoms with Gasteiger partial charge in [-0.2, -0.15) is 0 Å². The van der Waals surface area contributed by atoms with Crippen molar-refractivity contribution in [2.24, 2.45) is 5.92 Å². The van der Waals surface area contributed by atoms with Crippen LogP contribution in [-0.2, 0) is 17.9 Å². The number of aromatic nitrogens is 3. The monoisotopic (exact) mass is 313 g/mol. The van der Waals surface area contributed by atoms with Gasteiger partial charge in [0.1, 0.15) is 0 Å². The Kier molecular flexibility index (Phi) is 4.37. The van der Waals surface area contributed by atoms with Crippen molar-refractivity contribution in [2.45, 2.75) is 44.7 Å². The zero-order chi connectivity index (χ0) is 15.6. The molecule has 1 aliphatic carbocycles. The van der Waals surface area contributed by atoms with Crippen LogP contribution in [0, 0.1) is 5.92 Å². The highest BCUT2D eigenvalue weighted by atomic mass is 19.3. The molecule has 1 saturated heterocycles. The Bertz CT molecular complexity index is 533. The number of piperazine rings is 1. The predicted octanol–water partition coefficient (Wildman–Crippen LogP) is 1.04. The molecule has 2 fully saturated rings. The van der Waals surface area contributed by atoms with E-state index in [1.54, 1.807) is 10.9 Å². The molecule has 8 heteroatoms. The van der Waals surface area contributed by atoms with Crippen LogP contribution in [0.3, 0.4) is 0 Å². The van der Waals surface area contributed by atoms with Gasteiger partial charge in [-0.15, -0.1) is 5.10 Å². The van der Waals surface area contributed by atoms with Crippen molar-refractivity contribution >= 4 is 5.91 Å². The van der Waals surface area contributed by atoms with E-state index in [1.165, 1.54) is 0 Å². The van der Waals surface area contributed by atoms with Gasteiger partial charge < -0.3 is 5.32 Å². The number of halogens is 2. The van der Waals surface area contributed by atoms with Gasteiger partial charge in [-0.3, -0.25) is 14.4 Å². The molecule has 0 radical (unpaired) electrons. The summed E-state index contributed by atoms with van der Waals surface area (Å²) in [7, 11) is 0. The lowest BCUT2D eigenvalue weighted by molar-refractivity contribution is -0.124. The summed E-state index contributed by atoms with van der Waals surface area (Å²) in [5, 5.41) is 10.8. The van der Waals surface area contributed by atoms with E-state index in [0.29, 0.717) is 45.4 Å². The van der Waals surface area contributed by atoms with Crippen LogP contribution in [0.4, 0.5) is 8.78 Å². The van der Waals surface area contributed by atoms with Gasteiger partial charge in [-0.1, -0.05) is 5.21 Å². The van der Waals surface area contributed by atoms with Gasteiger partial charge in [-0.05, 0) is 19.3 Å². The molecule has 0 aromatic carbocycles. The number of amides is 1. The summed E-state index contributed by atoms with van der Waals surface area (Å²) in [6.45, 7) is 2.82. The first kappa shape index (κ1) is 15.3. The summed E-state index contributed by atoms with van der Waals surface area (Å²) in [6.07, 6.45) is 3.44. The molecule has 1 aliphatic heterocycles. The standard InChI is InChI=1S/C14H21F2N5O/c15-14(16)4-1-2-11(14)3-6-21-9-12(18-19-21)8-20-7-5-17-13(22)10-20/h9,11H,1-8,10H2,(H,17,22). The van der Waals surface area contributed by atoms with Crippen molar-refractivity contribution in [3.05, 3.63) is 11.9 Å². The minimum absolute atomic E-state index is 0.0112. The first-order valence-corrected chi connectivity index (χ1v) is 7.79. The van der Waals surface area contributed by atoms with Crippen LogP contribution in [-0.4, -0.2) is 51.4 Å². The normalized spacial score (nSPS) is 25.4. The lowest BCUT2D eigenvalue weighted by Gasteiger charge is -2.25. The maximum absolute atomic E-state index is 13.6. The van der Waals surface area contributed by atoms with Crippen molar-refractivity contribution in [2.75, 3.05) is 19.6 Å². The summed E-state index contributed by atoms with van der Waals surface area (Å²) >= 11 is 0. The maximum atomic E-state index is 13.6. The minimum atomic E-state index is -2.52. The summed E-state index contributed by atoms with van der Waals surface area (Å²) in [5.41, 5.74) is 0.771. The number of nitrogens with zero attached hydrogens (tertiary/aromatic N) is 4. The third kappa shape index (κ3) is 3.60. The fourth-order valence-corrected chi connectivity index (χ4v) is 3.22. The molecular weight excluding hydrogens is 292 g/mol. The molecule has 1 amide bonds. The average Bonchev–Trinajstić information content (AvgIpc) is 3.03. The van der Waals surface area contributed by atoms with Crippen LogP contribution >= 0.6 is 0 Å². The SMILES string of the molecule is O=C1CN(Cc2cn(CCC3CCCC3(F)F)nn2)CCN1. The van der Waals surface area contributed by atoms with E-state index in [0.717, 1.165) is 12.2 Å². The van der Waals surface area contributed by atoms with Gasteiger partial charge in [0.05, 0.1) is 12.2 Å². The second kappa shape index (κ2) is 6.28. The fourth-order valence-electron chi connectivity index (χ4n) is 3.22. The van der Waals surface area contributed by atoms with E-state index in [9.17, 15) is 13.6 Å². The van der Waals surface area contributed by atoms with Crippen molar-refractivity contribution in [3.8, 4) is 0 Å². The molecule has 0 spiro atoms. The molecule has 22 heavy (non-hydrogen) atoms. The smallest absolute Gasteiger partial charge is 0.251 e. The molecule has 1 aromatic rings. The molecular formula is C14H21F2N5O. The fraction of sp³-hybridized carbons (Fsp3) is 0.786. The molecule has 2 aliphatic rings. The van der Waals surface area contributed by atoms with E-state index in [-0.39, 0.29) is 12.3 Å². The van der Waals surface area contributed by atoms with Gasteiger partial charge in [0.25, 0.3) is 5.92 Å². The van der Waals surface area contributed by atoms with Crippen molar-refractivity contribution in [1.82, 2.24) is 25.2 Å². The molecule has 1 N–H and O–H groups in total. The first-order chi connectivity index (χ1) is 10.5. The van der Waals surface area contributed by atoms with Crippen LogP contribution in [0.1, 0.15) is 31.4 Å². The Morgan fingerprint density at radius 3 is 3.05 bits per heavy atom. The number of alkyl halides is 2. The average molecular weight is 313 g/mol. The number of rotatable bonds is 5. The summed E-state index contributed by atoms with van der Waals surface area (Å²) in [6, 6.07) is 0. The predicted molar refractivity (Wildman–Crippen MR) is 75.2 cm³/mol. The second-order valence-corrected chi connectivity index (χ2v) is 6.17. The third-order valence-electron chi connectivity index (χ3n) is 4.46. The van der Waals surface area contributed by atoms with Gasteiger partial charge in [0.2, 0.25) is 5.91 Å². The summed E-state index contributed by atoms with van der Waals surface area (Å²) < 4.78 is 28.8. The van der Waals surface area contributed by atoms with Gasteiger partial charge in [0, 0.05) is 44.7 Å². The Balaban J connectivity index is 1.50. The molecule has 2 heterocycles. The highest BCUT2D eigenvalue weighted by Gasteiger charge is 2.43. The number of hydrogen-bond donors (Lipinski definition) is 1. The molecule has 3 rings (SSSR count). The van der Waals surface area contributed by atoms with E-state index in [4.69, 9.17) is 0 Å². The zero-order valence-electron chi connectivity index (χ0n) is 12.5. The van der Waals surface area contributed by atoms with Gasteiger partial charge in [-0.25, -0.2) is 8.78 Å². The number of carbonyl (C=O) groups excluding carboxylic acids is 1. The molecule has 122 valence electrons. The van der Waals surface area contributed by atoms with E-state index < -0.39 is 11.8 Å². The van der Waals surface area contributed by atoms with Crippen LogP contribution in [0.15, 0.2) is 6.20 Å². The third-order valence-corrected chi connectivity index (χ3v) is 4.46. The quantitative estimate of drug-likeness (QED) is 0.882. The highest BCUT2D eigenvalue weighted by molar-refractivity contribution is 5.78. The number of nitrogens with one attached hydrogen (secondary N) is 1. The summed E-state index contributed by atoms with van der Waals surface area (Å²) in [5.74, 6) is -3.04. The zero-order valence-corrected chi connectivity index (χ0v) is 12.5. The number of carbonyl (C=O) groups is 1.